The van der Waals surface area contributed by atoms with Crippen LogP contribution in [0, 0.1) is 20.8 Å². The second-order valence-electron chi connectivity index (χ2n) is 5.04. The van der Waals surface area contributed by atoms with E-state index in [9.17, 15) is 9.90 Å². The molecule has 0 amide bonds. The van der Waals surface area contributed by atoms with Gasteiger partial charge in [0, 0.05) is 0 Å². The van der Waals surface area contributed by atoms with Crippen molar-refractivity contribution in [2.75, 3.05) is 0 Å². The molecule has 1 N–H and O–H groups in total. The van der Waals surface area contributed by atoms with Gasteiger partial charge < -0.3 is 9.84 Å². The van der Waals surface area contributed by atoms with Crippen molar-refractivity contribution >= 4 is 5.97 Å². The smallest absolute Gasteiger partial charge is 0.339 e. The van der Waals surface area contributed by atoms with E-state index in [2.05, 4.69) is 0 Å². The summed E-state index contributed by atoms with van der Waals surface area (Å²) in [5.74, 6) is -0.514. The predicted molar refractivity (Wildman–Crippen MR) is 78.4 cm³/mol. The van der Waals surface area contributed by atoms with Crippen molar-refractivity contribution < 1.29 is 14.6 Å². The second-order valence-corrected chi connectivity index (χ2v) is 5.04. The van der Waals surface area contributed by atoms with Crippen molar-refractivity contribution in [2.24, 2.45) is 0 Å². The minimum absolute atomic E-state index is 0.217. The molecule has 0 radical (unpaired) electrons. The molecule has 0 heterocycles. The first-order valence-corrected chi connectivity index (χ1v) is 6.50. The van der Waals surface area contributed by atoms with Gasteiger partial charge in [0.2, 0.25) is 0 Å². The van der Waals surface area contributed by atoms with Crippen LogP contribution in [0.2, 0.25) is 0 Å². The van der Waals surface area contributed by atoms with Crippen LogP contribution in [0.4, 0.5) is 0 Å². The lowest BCUT2D eigenvalue weighted by Gasteiger charge is -2.13. The van der Waals surface area contributed by atoms with Crippen LogP contribution in [-0.4, -0.2) is 11.1 Å². The summed E-state index contributed by atoms with van der Waals surface area (Å²) < 4.78 is 5.73. The van der Waals surface area contributed by atoms with Crippen LogP contribution in [-0.2, 0) is 6.61 Å². The molecule has 2 rings (SSSR count). The molecule has 0 bridgehead atoms. The van der Waals surface area contributed by atoms with Crippen molar-refractivity contribution in [3.05, 3.63) is 64.2 Å². The fourth-order valence-corrected chi connectivity index (χ4v) is 2.14. The number of carbonyl (C=O) groups is 1. The molecule has 0 spiro atoms. The van der Waals surface area contributed by atoms with Gasteiger partial charge in [0.05, 0.1) is 0 Å². The van der Waals surface area contributed by atoms with Gasteiger partial charge in [-0.05, 0) is 43.5 Å². The summed E-state index contributed by atoms with van der Waals surface area (Å²) in [6, 6.07) is 11.6. The van der Waals surface area contributed by atoms with E-state index < -0.39 is 5.97 Å². The summed E-state index contributed by atoms with van der Waals surface area (Å²) in [5.41, 5.74) is 4.19. The first-order chi connectivity index (χ1) is 9.47. The SMILES string of the molecule is Cc1ccc(COc2c(C)cc(C)cc2C(=O)O)cc1. The Hall–Kier alpha value is -2.29. The van der Waals surface area contributed by atoms with Gasteiger partial charge in [-0.15, -0.1) is 0 Å². The van der Waals surface area contributed by atoms with E-state index in [0.29, 0.717) is 12.4 Å². The fraction of sp³-hybridized carbons (Fsp3) is 0.235. The van der Waals surface area contributed by atoms with E-state index in [0.717, 1.165) is 16.7 Å². The second kappa shape index (κ2) is 5.78. The summed E-state index contributed by atoms with van der Waals surface area (Å²) in [5, 5.41) is 9.27. The topological polar surface area (TPSA) is 46.5 Å². The Labute approximate surface area is 118 Å². The zero-order chi connectivity index (χ0) is 14.7. The van der Waals surface area contributed by atoms with Crippen molar-refractivity contribution in [3.63, 3.8) is 0 Å². The van der Waals surface area contributed by atoms with Crippen LogP contribution in [0.3, 0.4) is 0 Å². The van der Waals surface area contributed by atoms with Gasteiger partial charge in [-0.2, -0.15) is 0 Å². The lowest BCUT2D eigenvalue weighted by atomic mass is 10.1. The molecule has 2 aromatic rings. The van der Waals surface area contributed by atoms with Crippen molar-refractivity contribution in [2.45, 2.75) is 27.4 Å². The maximum absolute atomic E-state index is 11.3. The molecule has 104 valence electrons. The maximum atomic E-state index is 11.3. The highest BCUT2D eigenvalue weighted by atomic mass is 16.5. The molecule has 0 aliphatic carbocycles. The maximum Gasteiger partial charge on any atom is 0.339 e. The number of benzene rings is 2. The van der Waals surface area contributed by atoms with Gasteiger partial charge in [0.25, 0.3) is 0 Å². The molecular weight excluding hydrogens is 252 g/mol. The van der Waals surface area contributed by atoms with Gasteiger partial charge in [0.1, 0.15) is 17.9 Å². The molecule has 0 atom stereocenters. The first-order valence-electron chi connectivity index (χ1n) is 6.50. The number of hydrogen-bond acceptors (Lipinski definition) is 2. The number of rotatable bonds is 4. The largest absolute Gasteiger partial charge is 0.488 e. The van der Waals surface area contributed by atoms with Gasteiger partial charge in [-0.3, -0.25) is 0 Å². The zero-order valence-corrected chi connectivity index (χ0v) is 11.9. The highest BCUT2D eigenvalue weighted by Crippen LogP contribution is 2.26. The Kier molecular flexibility index (Phi) is 4.08. The molecule has 0 aliphatic rings. The monoisotopic (exact) mass is 270 g/mol. The van der Waals surface area contributed by atoms with Crippen LogP contribution < -0.4 is 4.74 Å². The highest BCUT2D eigenvalue weighted by molar-refractivity contribution is 5.91. The Bertz CT molecular complexity index is 627. The van der Waals surface area contributed by atoms with E-state index in [-0.39, 0.29) is 5.56 Å². The molecule has 2 aromatic carbocycles. The summed E-state index contributed by atoms with van der Waals surface area (Å²) >= 11 is 0. The molecule has 0 saturated carbocycles. The number of carboxylic acid groups (broad SMARTS) is 1. The summed E-state index contributed by atoms with van der Waals surface area (Å²) in [6.07, 6.45) is 0. The summed E-state index contributed by atoms with van der Waals surface area (Å²) in [7, 11) is 0. The van der Waals surface area contributed by atoms with Gasteiger partial charge in [-0.1, -0.05) is 35.9 Å². The summed E-state index contributed by atoms with van der Waals surface area (Å²) in [6.45, 7) is 6.13. The van der Waals surface area contributed by atoms with E-state index >= 15 is 0 Å². The zero-order valence-electron chi connectivity index (χ0n) is 11.9. The molecule has 0 fully saturated rings. The molecule has 0 saturated heterocycles. The molecule has 0 aliphatic heterocycles. The number of hydrogen-bond donors (Lipinski definition) is 1. The van der Waals surface area contributed by atoms with E-state index in [1.807, 2.05) is 51.1 Å². The van der Waals surface area contributed by atoms with E-state index in [4.69, 9.17) is 4.74 Å². The molecule has 0 aromatic heterocycles. The molecule has 3 nitrogen and oxygen atoms in total. The third-order valence-electron chi connectivity index (χ3n) is 3.15. The number of aryl methyl sites for hydroxylation is 3. The Morgan fingerprint density at radius 3 is 2.30 bits per heavy atom. The average Bonchev–Trinajstić information content (AvgIpc) is 2.38. The van der Waals surface area contributed by atoms with Crippen molar-refractivity contribution in [3.8, 4) is 5.75 Å². The Balaban J connectivity index is 2.24. The van der Waals surface area contributed by atoms with Crippen LogP contribution >= 0.6 is 0 Å². The minimum atomic E-state index is -0.962. The average molecular weight is 270 g/mol. The van der Waals surface area contributed by atoms with Crippen LogP contribution in [0.15, 0.2) is 36.4 Å². The lowest BCUT2D eigenvalue weighted by Crippen LogP contribution is -2.05. The highest BCUT2D eigenvalue weighted by Gasteiger charge is 2.14. The third kappa shape index (κ3) is 3.18. The van der Waals surface area contributed by atoms with Crippen molar-refractivity contribution in [1.29, 1.82) is 0 Å². The number of carboxylic acids is 1. The molecule has 3 heteroatoms. The van der Waals surface area contributed by atoms with E-state index in [1.54, 1.807) is 6.07 Å². The molecular formula is C17H18O3. The third-order valence-corrected chi connectivity index (χ3v) is 3.15. The van der Waals surface area contributed by atoms with Crippen molar-refractivity contribution in [1.82, 2.24) is 0 Å². The fourth-order valence-electron chi connectivity index (χ4n) is 2.14. The Morgan fingerprint density at radius 2 is 1.70 bits per heavy atom. The standard InChI is InChI=1S/C17H18O3/c1-11-4-6-14(7-5-11)10-20-16-13(3)8-12(2)9-15(16)17(18)19/h4-9H,10H2,1-3H3,(H,18,19). The summed E-state index contributed by atoms with van der Waals surface area (Å²) in [4.78, 5) is 11.3. The first kappa shape index (κ1) is 14.1. The van der Waals surface area contributed by atoms with Crippen LogP contribution in [0.5, 0.6) is 5.75 Å². The lowest BCUT2D eigenvalue weighted by molar-refractivity contribution is 0.0691. The Morgan fingerprint density at radius 1 is 1.05 bits per heavy atom. The number of aromatic carboxylic acids is 1. The van der Waals surface area contributed by atoms with Crippen LogP contribution in [0.1, 0.15) is 32.6 Å². The van der Waals surface area contributed by atoms with Crippen LogP contribution in [0.25, 0.3) is 0 Å². The van der Waals surface area contributed by atoms with Gasteiger partial charge in [0.15, 0.2) is 0 Å². The van der Waals surface area contributed by atoms with E-state index in [1.165, 1.54) is 5.56 Å². The van der Waals surface area contributed by atoms with Gasteiger partial charge >= 0.3 is 5.97 Å². The number of ether oxygens (including phenoxy) is 1. The quantitative estimate of drug-likeness (QED) is 0.916. The predicted octanol–water partition coefficient (Wildman–Crippen LogP) is 3.89. The molecule has 20 heavy (non-hydrogen) atoms. The van der Waals surface area contributed by atoms with Gasteiger partial charge in [-0.25, -0.2) is 4.79 Å². The normalized spacial score (nSPS) is 10.3. The molecule has 0 unspecified atom stereocenters. The minimum Gasteiger partial charge on any atom is -0.488 e.